The molecule has 0 heterocycles. The summed E-state index contributed by atoms with van der Waals surface area (Å²) in [4.78, 5) is 4.74. The van der Waals surface area contributed by atoms with Crippen molar-refractivity contribution in [2.75, 3.05) is 20.3 Å². The minimum atomic E-state index is -4.70. The van der Waals surface area contributed by atoms with Crippen LogP contribution in [0.3, 0.4) is 0 Å². The molecule has 0 unspecified atom stereocenters. The molecule has 162 valence electrons. The molecule has 0 saturated heterocycles. The van der Waals surface area contributed by atoms with Crippen LogP contribution >= 0.6 is 0 Å². The summed E-state index contributed by atoms with van der Waals surface area (Å²) in [5.41, 5.74) is 6.82. The molecule has 0 aromatic heterocycles. The third-order valence-corrected chi connectivity index (χ3v) is 2.88. The highest BCUT2D eigenvalue weighted by Crippen LogP contribution is 2.23. The summed E-state index contributed by atoms with van der Waals surface area (Å²) in [7, 11) is 1.41. The van der Waals surface area contributed by atoms with E-state index in [2.05, 4.69) is 23.7 Å². The molecule has 0 spiro atoms. The van der Waals surface area contributed by atoms with E-state index in [9.17, 15) is 13.2 Å². The summed E-state index contributed by atoms with van der Waals surface area (Å²) in [5.74, 6) is 0.0395. The van der Waals surface area contributed by atoms with Gasteiger partial charge in [0.15, 0.2) is 0 Å². The van der Waals surface area contributed by atoms with E-state index < -0.39 is 6.36 Å². The maximum atomic E-state index is 12.1. The average molecular weight is 414 g/mol. The first-order valence-electron chi connectivity index (χ1n) is 9.12. The van der Waals surface area contributed by atoms with Crippen LogP contribution in [-0.2, 0) is 9.57 Å². The van der Waals surface area contributed by atoms with Gasteiger partial charge in [-0.25, -0.2) is 0 Å². The Morgan fingerprint density at radius 2 is 1.76 bits per heavy atom. The number of oxime groups is 1. The van der Waals surface area contributed by atoms with E-state index in [1.807, 2.05) is 6.92 Å². The number of rotatable bonds is 8. The summed E-state index contributed by atoms with van der Waals surface area (Å²) < 4.78 is 45.6. The minimum absolute atomic E-state index is 0.265. The number of hydrogen-bond acceptors (Lipinski definition) is 5. The van der Waals surface area contributed by atoms with E-state index in [1.165, 1.54) is 37.8 Å². The molecule has 0 aliphatic carbocycles. The molecule has 0 atom stereocenters. The van der Waals surface area contributed by atoms with Gasteiger partial charge in [0.05, 0.1) is 0 Å². The average Bonchev–Trinajstić information content (AvgIpc) is 2.66. The third-order valence-electron chi connectivity index (χ3n) is 2.88. The van der Waals surface area contributed by atoms with Gasteiger partial charge in [-0.2, -0.15) is 0 Å². The Balaban J connectivity index is 0.00000245. The fraction of sp³-hybridized carbons (Fsp3) is 0.381. The van der Waals surface area contributed by atoms with E-state index in [0.717, 1.165) is 5.56 Å². The molecule has 1 aromatic carbocycles. The van der Waals surface area contributed by atoms with E-state index >= 15 is 0 Å². The maximum Gasteiger partial charge on any atom is 0.573 e. The molecular weight excluding hydrogens is 385 g/mol. The van der Waals surface area contributed by atoms with Crippen LogP contribution < -0.4 is 10.5 Å². The fourth-order valence-electron chi connectivity index (χ4n) is 1.80. The number of hydrogen-bond donors (Lipinski definition) is 1. The Morgan fingerprint density at radius 1 is 1.14 bits per heavy atom. The minimum Gasteiger partial charge on any atom is -0.474 e. The zero-order valence-electron chi connectivity index (χ0n) is 17.2. The van der Waals surface area contributed by atoms with E-state index in [1.54, 1.807) is 30.4 Å². The molecule has 0 amide bonds. The van der Waals surface area contributed by atoms with Crippen molar-refractivity contribution in [2.45, 2.75) is 33.6 Å². The van der Waals surface area contributed by atoms with Gasteiger partial charge >= 0.3 is 6.36 Å². The van der Waals surface area contributed by atoms with Crippen molar-refractivity contribution >= 4 is 12.0 Å². The second-order valence-corrected chi connectivity index (χ2v) is 5.50. The van der Waals surface area contributed by atoms with E-state index in [4.69, 9.17) is 15.3 Å². The normalized spacial score (nSPS) is 12.7. The van der Waals surface area contributed by atoms with Gasteiger partial charge in [0.25, 0.3) is 5.90 Å². The maximum absolute atomic E-state index is 12.1. The summed E-state index contributed by atoms with van der Waals surface area (Å²) in [6.07, 6.45) is 5.31. The molecule has 5 nitrogen and oxygen atoms in total. The third kappa shape index (κ3) is 13.1. The van der Waals surface area contributed by atoms with Crippen molar-refractivity contribution in [3.8, 4) is 5.75 Å². The second-order valence-electron chi connectivity index (χ2n) is 5.50. The molecule has 1 rings (SSSR count). The molecule has 0 fully saturated rings. The standard InChI is InChI=1S/C18H21F3N2O3.C3H8/c1-3-15(17(23-24-2)25-13-12-22)7-5-4-6-14-8-10-16(11-9-14)26-18(19,20)21;1-3-2/h3-11H,12-13,22H2,1-2H3;3H2,1-2H3/b6-4+,7-5-,15-3+,23-17+;. The second kappa shape index (κ2) is 15.2. The van der Waals surface area contributed by atoms with Crippen LogP contribution in [0.15, 0.2) is 59.3 Å². The van der Waals surface area contributed by atoms with Gasteiger partial charge < -0.3 is 20.0 Å². The quantitative estimate of drug-likeness (QED) is 0.266. The predicted octanol–water partition coefficient (Wildman–Crippen LogP) is 5.45. The summed E-state index contributed by atoms with van der Waals surface area (Å²) in [6, 6.07) is 5.53. The molecule has 8 heteroatoms. The van der Waals surface area contributed by atoms with Gasteiger partial charge in [0.1, 0.15) is 19.5 Å². The molecule has 0 bridgehead atoms. The smallest absolute Gasteiger partial charge is 0.474 e. The first kappa shape index (κ1) is 26.3. The van der Waals surface area contributed by atoms with Crippen LogP contribution in [0.4, 0.5) is 13.2 Å². The monoisotopic (exact) mass is 414 g/mol. The summed E-state index contributed by atoms with van der Waals surface area (Å²) in [6.45, 7) is 6.71. The summed E-state index contributed by atoms with van der Waals surface area (Å²) in [5, 5.41) is 3.80. The highest BCUT2D eigenvalue weighted by atomic mass is 19.4. The Bertz CT molecular complexity index is 679. The number of allylic oxidation sites excluding steroid dienone is 3. The molecule has 0 saturated carbocycles. The highest BCUT2D eigenvalue weighted by Gasteiger charge is 2.30. The predicted molar refractivity (Wildman–Crippen MR) is 110 cm³/mol. The molecule has 2 N–H and O–H groups in total. The lowest BCUT2D eigenvalue weighted by atomic mass is 10.2. The van der Waals surface area contributed by atoms with Crippen LogP contribution in [0.5, 0.6) is 5.75 Å². The zero-order chi connectivity index (χ0) is 22.1. The zero-order valence-corrected chi connectivity index (χ0v) is 17.2. The Hall–Kier alpha value is -2.74. The lowest BCUT2D eigenvalue weighted by Gasteiger charge is -2.08. The van der Waals surface area contributed by atoms with Crippen LogP contribution in [-0.4, -0.2) is 32.5 Å². The van der Waals surface area contributed by atoms with Gasteiger partial charge in [-0.3, -0.25) is 0 Å². The van der Waals surface area contributed by atoms with Crippen molar-refractivity contribution in [2.24, 2.45) is 10.9 Å². The van der Waals surface area contributed by atoms with Crippen LogP contribution in [0.1, 0.15) is 32.8 Å². The van der Waals surface area contributed by atoms with Gasteiger partial charge in [0.2, 0.25) is 0 Å². The molecule has 0 radical (unpaired) electrons. The number of nitrogens with two attached hydrogens (primary N) is 1. The van der Waals surface area contributed by atoms with Crippen molar-refractivity contribution in [3.05, 3.63) is 59.7 Å². The first-order chi connectivity index (χ1) is 13.8. The van der Waals surface area contributed by atoms with Crippen LogP contribution in [0.2, 0.25) is 0 Å². The SMILES string of the molecule is C/C=C(\C=C/C=C/c1ccc(OC(F)(F)F)cc1)C(=N\OC)/OCCN.CCC. The molecule has 29 heavy (non-hydrogen) atoms. The van der Waals surface area contributed by atoms with Crippen LogP contribution in [0.25, 0.3) is 6.08 Å². The van der Waals surface area contributed by atoms with Gasteiger partial charge in [-0.15, -0.1) is 13.2 Å². The number of ether oxygens (including phenoxy) is 2. The number of nitrogens with zero attached hydrogens (tertiary/aromatic N) is 1. The largest absolute Gasteiger partial charge is 0.573 e. The first-order valence-corrected chi connectivity index (χ1v) is 9.12. The van der Waals surface area contributed by atoms with Crippen molar-refractivity contribution in [1.82, 2.24) is 0 Å². The Kier molecular flexibility index (Phi) is 13.8. The lowest BCUT2D eigenvalue weighted by Crippen LogP contribution is -2.16. The van der Waals surface area contributed by atoms with Gasteiger partial charge in [0, 0.05) is 12.1 Å². The fourth-order valence-corrected chi connectivity index (χ4v) is 1.80. The molecule has 0 aliphatic heterocycles. The van der Waals surface area contributed by atoms with Gasteiger partial charge in [-0.1, -0.05) is 56.7 Å². The molecule has 1 aromatic rings. The Morgan fingerprint density at radius 3 is 2.24 bits per heavy atom. The Labute approximate surface area is 170 Å². The summed E-state index contributed by atoms with van der Waals surface area (Å²) >= 11 is 0. The number of benzene rings is 1. The van der Waals surface area contributed by atoms with E-state index in [0.29, 0.717) is 24.6 Å². The molecule has 0 aliphatic rings. The van der Waals surface area contributed by atoms with Gasteiger partial charge in [-0.05, 0) is 35.9 Å². The van der Waals surface area contributed by atoms with Crippen LogP contribution in [0, 0.1) is 0 Å². The topological polar surface area (TPSA) is 66.1 Å². The number of halogens is 3. The van der Waals surface area contributed by atoms with Crippen molar-refractivity contribution < 1.29 is 27.5 Å². The van der Waals surface area contributed by atoms with Crippen molar-refractivity contribution in [1.29, 1.82) is 0 Å². The molecular formula is C21H29F3N2O3. The highest BCUT2D eigenvalue weighted by molar-refractivity contribution is 5.95. The number of alkyl halides is 3. The van der Waals surface area contributed by atoms with Crippen molar-refractivity contribution in [3.63, 3.8) is 0 Å². The van der Waals surface area contributed by atoms with E-state index in [-0.39, 0.29) is 5.75 Å². The lowest BCUT2D eigenvalue weighted by molar-refractivity contribution is -0.274.